The molecule has 0 aromatic heterocycles. The Kier molecular flexibility index (Phi) is 4.73. The highest BCUT2D eigenvalue weighted by atomic mass is 31.2. The summed E-state index contributed by atoms with van der Waals surface area (Å²) in [4.78, 5) is 0. The van der Waals surface area contributed by atoms with Gasteiger partial charge in [0.2, 0.25) is 0 Å². The SMILES string of the molecule is C[Si](C)(C)OP(=O)(OO)O[Si](C)(C)C. The maximum atomic E-state index is 11.8. The maximum Gasteiger partial charge on any atom is 0.482 e. The first-order chi connectivity index (χ1) is 5.97. The number of phosphoric acid groups is 1. The molecule has 0 rings (SSSR count). The molecule has 0 aromatic carbocycles. The van der Waals surface area contributed by atoms with Gasteiger partial charge in [0, 0.05) is 0 Å². The van der Waals surface area contributed by atoms with Crippen molar-refractivity contribution in [3.63, 3.8) is 0 Å². The smallest absolute Gasteiger partial charge is 0.329 e. The zero-order valence-corrected chi connectivity index (χ0v) is 12.4. The van der Waals surface area contributed by atoms with Gasteiger partial charge in [0.05, 0.1) is 0 Å². The van der Waals surface area contributed by atoms with Crippen LogP contribution in [0.1, 0.15) is 0 Å². The first-order valence-corrected chi connectivity index (χ1v) is 12.6. The van der Waals surface area contributed by atoms with Crippen molar-refractivity contribution < 1.29 is 22.9 Å². The van der Waals surface area contributed by atoms with E-state index in [9.17, 15) is 4.57 Å². The van der Waals surface area contributed by atoms with Crippen LogP contribution in [0, 0.1) is 0 Å². The molecule has 14 heavy (non-hydrogen) atoms. The predicted octanol–water partition coefficient (Wildman–Crippen LogP) is 3.29. The van der Waals surface area contributed by atoms with Crippen LogP contribution < -0.4 is 0 Å². The molecule has 0 saturated carbocycles. The van der Waals surface area contributed by atoms with Crippen molar-refractivity contribution >= 4 is 24.5 Å². The highest BCUT2D eigenvalue weighted by molar-refractivity contribution is 7.51. The fourth-order valence-electron chi connectivity index (χ4n) is 0.723. The first kappa shape index (κ1) is 14.5. The summed E-state index contributed by atoms with van der Waals surface area (Å²) in [5.41, 5.74) is 0. The highest BCUT2D eigenvalue weighted by Gasteiger charge is 2.38. The third-order valence-corrected chi connectivity index (χ3v) is 7.24. The summed E-state index contributed by atoms with van der Waals surface area (Å²) in [6.07, 6.45) is 0. The summed E-state index contributed by atoms with van der Waals surface area (Å²) in [6, 6.07) is 0. The van der Waals surface area contributed by atoms with Crippen molar-refractivity contribution in [2.75, 3.05) is 0 Å². The quantitative estimate of drug-likeness (QED) is 0.355. The van der Waals surface area contributed by atoms with Gasteiger partial charge in [-0.15, -0.1) is 4.67 Å². The van der Waals surface area contributed by atoms with E-state index in [1.165, 1.54) is 0 Å². The van der Waals surface area contributed by atoms with Crippen LogP contribution in [0.25, 0.3) is 0 Å². The van der Waals surface area contributed by atoms with Crippen LogP contribution >= 0.6 is 7.82 Å². The average Bonchev–Trinajstić information content (AvgIpc) is 1.78. The van der Waals surface area contributed by atoms with Crippen LogP contribution in [-0.2, 0) is 17.7 Å². The summed E-state index contributed by atoms with van der Waals surface area (Å²) < 4.78 is 26.0. The van der Waals surface area contributed by atoms with Crippen molar-refractivity contribution in [3.8, 4) is 0 Å². The molecule has 0 saturated heterocycles. The van der Waals surface area contributed by atoms with E-state index >= 15 is 0 Å². The second-order valence-electron chi connectivity index (χ2n) is 4.94. The van der Waals surface area contributed by atoms with Crippen molar-refractivity contribution in [2.24, 2.45) is 0 Å². The summed E-state index contributed by atoms with van der Waals surface area (Å²) in [6.45, 7) is 11.0. The Morgan fingerprint density at radius 3 is 1.36 bits per heavy atom. The Morgan fingerprint density at radius 1 is 0.929 bits per heavy atom. The van der Waals surface area contributed by atoms with Crippen molar-refractivity contribution in [1.29, 1.82) is 0 Å². The lowest BCUT2D eigenvalue weighted by Crippen LogP contribution is -2.30. The van der Waals surface area contributed by atoms with Crippen LogP contribution in [0.15, 0.2) is 0 Å². The van der Waals surface area contributed by atoms with Gasteiger partial charge in [-0.3, -0.25) is 0 Å². The third-order valence-electron chi connectivity index (χ3n) is 0.871. The van der Waals surface area contributed by atoms with E-state index < -0.39 is 24.5 Å². The topological polar surface area (TPSA) is 65.0 Å². The van der Waals surface area contributed by atoms with Gasteiger partial charge in [-0.2, -0.15) is 0 Å². The minimum absolute atomic E-state index is 1.84. The van der Waals surface area contributed by atoms with Crippen molar-refractivity contribution in [3.05, 3.63) is 0 Å². The molecule has 1 N–H and O–H groups in total. The molecular formula is C6H19O5PSi2. The zero-order valence-electron chi connectivity index (χ0n) is 9.53. The Morgan fingerprint density at radius 2 is 1.21 bits per heavy atom. The third kappa shape index (κ3) is 6.88. The molecule has 0 aliphatic carbocycles. The fourth-order valence-corrected chi connectivity index (χ4v) is 6.84. The molecular weight excluding hydrogens is 239 g/mol. The predicted molar refractivity (Wildman–Crippen MR) is 60.2 cm³/mol. The monoisotopic (exact) mass is 258 g/mol. The summed E-state index contributed by atoms with van der Waals surface area (Å²) in [5, 5.41) is 8.54. The molecule has 0 aliphatic rings. The van der Waals surface area contributed by atoms with Crippen LogP contribution in [0.5, 0.6) is 0 Å². The molecule has 5 nitrogen and oxygen atoms in total. The molecule has 0 fully saturated rings. The number of hydrogen-bond acceptors (Lipinski definition) is 5. The van der Waals surface area contributed by atoms with Gasteiger partial charge in [-0.25, -0.2) is 9.82 Å². The Hall–Kier alpha value is 0.504. The van der Waals surface area contributed by atoms with E-state index in [4.69, 9.17) is 13.7 Å². The van der Waals surface area contributed by atoms with Crippen LogP contribution in [0.2, 0.25) is 39.3 Å². The normalized spacial score (nSPS) is 14.5. The second-order valence-corrected chi connectivity index (χ2v) is 15.9. The standard InChI is InChI=1S/C6H19O5PSi2/c1-13(2,3)10-12(8,9-7)11-14(4,5)6/h7H,1-6H3. The molecule has 0 radical (unpaired) electrons. The lowest BCUT2D eigenvalue weighted by molar-refractivity contribution is -0.155. The Balaban J connectivity index is 4.59. The van der Waals surface area contributed by atoms with Gasteiger partial charge in [0.1, 0.15) is 0 Å². The first-order valence-electron chi connectivity index (χ1n) is 4.32. The second kappa shape index (κ2) is 4.57. The molecule has 0 unspecified atom stereocenters. The van der Waals surface area contributed by atoms with Crippen molar-refractivity contribution in [1.82, 2.24) is 0 Å². The zero-order chi connectivity index (χ0) is 11.6. The molecule has 0 bridgehead atoms. The van der Waals surface area contributed by atoms with Gasteiger partial charge in [-0.1, -0.05) is 0 Å². The van der Waals surface area contributed by atoms with Gasteiger partial charge < -0.3 is 8.43 Å². The fraction of sp³-hybridized carbons (Fsp3) is 1.00. The van der Waals surface area contributed by atoms with Gasteiger partial charge in [0.25, 0.3) is 0 Å². The molecule has 0 spiro atoms. The summed E-state index contributed by atoms with van der Waals surface area (Å²) in [5.74, 6) is 0. The highest BCUT2D eigenvalue weighted by Crippen LogP contribution is 2.52. The minimum Gasteiger partial charge on any atom is -0.329 e. The Labute approximate surface area is 87.2 Å². The van der Waals surface area contributed by atoms with E-state index in [1.807, 2.05) is 39.3 Å². The lowest BCUT2D eigenvalue weighted by Gasteiger charge is -2.27. The molecule has 0 atom stereocenters. The van der Waals surface area contributed by atoms with Crippen LogP contribution in [0.3, 0.4) is 0 Å². The maximum absolute atomic E-state index is 11.8. The number of hydrogen-bond donors (Lipinski definition) is 1. The molecule has 0 aliphatic heterocycles. The van der Waals surface area contributed by atoms with E-state index in [0.29, 0.717) is 0 Å². The Bertz CT molecular complexity index is 211. The summed E-state index contributed by atoms with van der Waals surface area (Å²) in [7, 11) is -7.89. The van der Waals surface area contributed by atoms with E-state index in [2.05, 4.69) is 4.67 Å². The minimum atomic E-state index is -3.76. The van der Waals surface area contributed by atoms with Gasteiger partial charge >= 0.3 is 7.82 Å². The van der Waals surface area contributed by atoms with Crippen LogP contribution in [-0.4, -0.2) is 21.9 Å². The largest absolute Gasteiger partial charge is 0.482 e. The van der Waals surface area contributed by atoms with Gasteiger partial charge in [-0.05, 0) is 39.3 Å². The van der Waals surface area contributed by atoms with E-state index in [1.54, 1.807) is 0 Å². The lowest BCUT2D eigenvalue weighted by atomic mass is 11.8. The van der Waals surface area contributed by atoms with E-state index in [-0.39, 0.29) is 0 Å². The van der Waals surface area contributed by atoms with Crippen LogP contribution in [0.4, 0.5) is 0 Å². The average molecular weight is 258 g/mol. The number of rotatable bonds is 5. The molecule has 86 valence electrons. The molecule has 0 amide bonds. The summed E-state index contributed by atoms with van der Waals surface area (Å²) >= 11 is 0. The molecule has 0 heterocycles. The molecule has 8 heteroatoms. The molecule has 0 aromatic rings. The van der Waals surface area contributed by atoms with Crippen molar-refractivity contribution in [2.45, 2.75) is 39.3 Å². The van der Waals surface area contributed by atoms with Gasteiger partial charge in [0.15, 0.2) is 16.6 Å². The van der Waals surface area contributed by atoms with E-state index in [0.717, 1.165) is 0 Å².